The van der Waals surface area contributed by atoms with E-state index in [0.717, 1.165) is 13.7 Å². The second kappa shape index (κ2) is 16.4. The SMILES string of the molecule is CCO[Si](CCn1c(=O)n(CC[Si](OC)OCC)c(=O)n(CC[Si](OC)OCC)c1=O)OC. The third kappa shape index (κ3) is 9.18. The first-order chi connectivity index (χ1) is 15.9. The van der Waals surface area contributed by atoms with Crippen molar-refractivity contribution in [2.45, 2.75) is 58.5 Å². The van der Waals surface area contributed by atoms with Crippen LogP contribution in [0.15, 0.2) is 14.4 Å². The van der Waals surface area contributed by atoms with Crippen molar-refractivity contribution in [2.75, 3.05) is 41.2 Å². The van der Waals surface area contributed by atoms with Crippen molar-refractivity contribution in [1.82, 2.24) is 13.7 Å². The summed E-state index contributed by atoms with van der Waals surface area (Å²) in [4.78, 5) is 39.3. The summed E-state index contributed by atoms with van der Waals surface area (Å²) in [6, 6.07) is 1.13. The van der Waals surface area contributed by atoms with Gasteiger partial charge in [0.1, 0.15) is 0 Å². The highest BCUT2D eigenvalue weighted by atomic mass is 28.3. The quantitative estimate of drug-likeness (QED) is 0.239. The van der Waals surface area contributed by atoms with E-state index < -0.39 is 44.9 Å². The lowest BCUT2D eigenvalue weighted by molar-refractivity contribution is 0.236. The largest absolute Gasteiger partial charge is 0.397 e. The lowest BCUT2D eigenvalue weighted by atomic mass is 10.6. The molecular weight excluding hydrogens is 486 g/mol. The van der Waals surface area contributed by atoms with Crippen LogP contribution in [0.2, 0.25) is 18.1 Å². The van der Waals surface area contributed by atoms with Crippen LogP contribution in [0.5, 0.6) is 0 Å². The van der Waals surface area contributed by atoms with Crippen molar-refractivity contribution in [3.05, 3.63) is 31.5 Å². The molecule has 1 rings (SSSR count). The normalized spacial score (nSPS) is 11.9. The van der Waals surface area contributed by atoms with Gasteiger partial charge in [0.05, 0.1) is 0 Å². The molecule has 0 aliphatic rings. The van der Waals surface area contributed by atoms with E-state index >= 15 is 0 Å². The molecule has 0 N–H and O–H groups in total. The fourth-order valence-electron chi connectivity index (χ4n) is 3.05. The summed E-state index contributed by atoms with van der Waals surface area (Å²) in [7, 11) is -0.303. The van der Waals surface area contributed by atoms with Gasteiger partial charge in [0.15, 0.2) is 0 Å². The van der Waals surface area contributed by atoms with Crippen LogP contribution < -0.4 is 17.1 Å². The molecule has 189 valence electrons. The van der Waals surface area contributed by atoms with E-state index in [0.29, 0.717) is 38.0 Å². The first kappa shape index (κ1) is 29.9. The smallest absolute Gasteiger partial charge is 0.386 e. The van der Waals surface area contributed by atoms with E-state index in [-0.39, 0.29) is 19.6 Å². The summed E-state index contributed by atoms with van der Waals surface area (Å²) in [6.45, 7) is 7.22. The van der Waals surface area contributed by atoms with Gasteiger partial charge in [-0.05, 0) is 20.8 Å². The maximum absolute atomic E-state index is 13.1. The Labute approximate surface area is 199 Å². The summed E-state index contributed by atoms with van der Waals surface area (Å²) in [5.74, 6) is 0. The van der Waals surface area contributed by atoms with Crippen LogP contribution in [-0.4, -0.2) is 82.7 Å². The molecule has 0 bridgehead atoms. The summed E-state index contributed by atoms with van der Waals surface area (Å²) >= 11 is 0. The molecule has 15 heteroatoms. The maximum Gasteiger partial charge on any atom is 0.386 e. The Morgan fingerprint density at radius 2 is 0.788 bits per heavy atom. The molecule has 1 heterocycles. The van der Waals surface area contributed by atoms with Crippen LogP contribution in [-0.2, 0) is 46.2 Å². The molecule has 3 radical (unpaired) electrons. The van der Waals surface area contributed by atoms with Crippen molar-refractivity contribution in [3.63, 3.8) is 0 Å². The number of hydrogen-bond acceptors (Lipinski definition) is 9. The van der Waals surface area contributed by atoms with Gasteiger partial charge in [-0.2, -0.15) is 0 Å². The zero-order valence-electron chi connectivity index (χ0n) is 20.4. The third-order valence-corrected chi connectivity index (χ3v) is 9.70. The van der Waals surface area contributed by atoms with Gasteiger partial charge in [0.25, 0.3) is 0 Å². The average Bonchev–Trinajstić information content (AvgIpc) is 2.81. The molecule has 1 aromatic rings. The molecule has 0 aliphatic heterocycles. The molecule has 0 unspecified atom stereocenters. The Kier molecular flexibility index (Phi) is 14.9. The van der Waals surface area contributed by atoms with Gasteiger partial charge in [-0.3, -0.25) is 0 Å². The van der Waals surface area contributed by atoms with Crippen molar-refractivity contribution >= 4 is 27.9 Å². The van der Waals surface area contributed by atoms with Gasteiger partial charge in [0.2, 0.25) is 0 Å². The minimum Gasteiger partial charge on any atom is -0.397 e. The lowest BCUT2D eigenvalue weighted by Crippen LogP contribution is -2.55. The van der Waals surface area contributed by atoms with Crippen LogP contribution in [0.3, 0.4) is 0 Å². The van der Waals surface area contributed by atoms with Crippen LogP contribution in [0, 0.1) is 0 Å². The van der Waals surface area contributed by atoms with E-state index in [1.54, 1.807) is 0 Å². The van der Waals surface area contributed by atoms with Gasteiger partial charge in [0, 0.05) is 78.9 Å². The zero-order chi connectivity index (χ0) is 24.8. The van der Waals surface area contributed by atoms with Gasteiger partial charge in [-0.15, -0.1) is 0 Å². The highest BCUT2D eigenvalue weighted by Gasteiger charge is 2.22. The standard InChI is InChI=1S/C18H36N3O9Si3/c1-7-28-31(25-4)13-10-19-16(22)20(11-14-32(26-5)29-8-2)18(24)21(17(19)23)12-15-33(27-6)30-9-3/h7-15H2,1-6H3. The highest BCUT2D eigenvalue weighted by molar-refractivity contribution is 6.44. The van der Waals surface area contributed by atoms with Crippen molar-refractivity contribution in [3.8, 4) is 0 Å². The fraction of sp³-hybridized carbons (Fsp3) is 0.833. The van der Waals surface area contributed by atoms with E-state index in [1.165, 1.54) is 21.3 Å². The second-order valence-electron chi connectivity index (χ2n) is 6.58. The molecule has 0 atom stereocenters. The van der Waals surface area contributed by atoms with Crippen LogP contribution in [0.1, 0.15) is 20.8 Å². The van der Waals surface area contributed by atoms with Gasteiger partial charge >= 0.3 is 44.9 Å². The monoisotopic (exact) mass is 522 g/mol. The van der Waals surface area contributed by atoms with E-state index in [1.807, 2.05) is 20.8 Å². The predicted octanol–water partition coefficient (Wildman–Crippen LogP) is -0.315. The second-order valence-corrected chi connectivity index (χ2v) is 12.4. The molecule has 0 fully saturated rings. The fourth-order valence-corrected chi connectivity index (χ4v) is 6.63. The van der Waals surface area contributed by atoms with Gasteiger partial charge in [-0.1, -0.05) is 0 Å². The molecule has 0 spiro atoms. The van der Waals surface area contributed by atoms with E-state index in [2.05, 4.69) is 0 Å². The van der Waals surface area contributed by atoms with Crippen molar-refractivity contribution < 1.29 is 26.6 Å². The Balaban J connectivity index is 3.33. The molecule has 33 heavy (non-hydrogen) atoms. The molecule has 0 saturated carbocycles. The van der Waals surface area contributed by atoms with E-state index in [9.17, 15) is 14.4 Å². The minimum absolute atomic E-state index is 0.0845. The number of aromatic nitrogens is 3. The van der Waals surface area contributed by atoms with Gasteiger partial charge in [-0.25, -0.2) is 28.1 Å². The lowest BCUT2D eigenvalue weighted by Gasteiger charge is -2.17. The summed E-state index contributed by atoms with van der Waals surface area (Å²) in [6.07, 6.45) is 0. The van der Waals surface area contributed by atoms with Crippen LogP contribution >= 0.6 is 0 Å². The zero-order valence-corrected chi connectivity index (χ0v) is 23.4. The Bertz CT molecular complexity index is 721. The van der Waals surface area contributed by atoms with Crippen LogP contribution in [0.4, 0.5) is 0 Å². The van der Waals surface area contributed by atoms with Gasteiger partial charge < -0.3 is 26.6 Å². The Morgan fingerprint density at radius 3 is 0.970 bits per heavy atom. The molecule has 1 aromatic heterocycles. The average molecular weight is 523 g/mol. The highest BCUT2D eigenvalue weighted by Crippen LogP contribution is 2.01. The predicted molar refractivity (Wildman–Crippen MR) is 127 cm³/mol. The third-order valence-electron chi connectivity index (χ3n) is 4.60. The molecule has 0 aromatic carbocycles. The summed E-state index contributed by atoms with van der Waals surface area (Å²) in [5.41, 5.74) is -1.98. The summed E-state index contributed by atoms with van der Waals surface area (Å²) < 4.78 is 35.9. The molecule has 0 amide bonds. The maximum atomic E-state index is 13.1. The minimum atomic E-state index is -1.64. The topological polar surface area (TPSA) is 121 Å². The molecule has 0 aliphatic carbocycles. The molecule has 0 saturated heterocycles. The first-order valence-corrected chi connectivity index (χ1v) is 15.5. The van der Waals surface area contributed by atoms with Crippen molar-refractivity contribution in [2.24, 2.45) is 0 Å². The van der Waals surface area contributed by atoms with Crippen molar-refractivity contribution in [1.29, 1.82) is 0 Å². The Hall–Kier alpha value is -1.18. The number of rotatable bonds is 18. The molecule has 12 nitrogen and oxygen atoms in total. The van der Waals surface area contributed by atoms with Crippen LogP contribution in [0.25, 0.3) is 0 Å². The molecular formula is C18H36N3O9Si3. The first-order valence-electron chi connectivity index (χ1n) is 10.9. The number of hydrogen-bond donors (Lipinski definition) is 0. The Morgan fingerprint density at radius 1 is 0.545 bits per heavy atom. The number of nitrogens with zero attached hydrogens (tertiary/aromatic N) is 3. The van der Waals surface area contributed by atoms with E-state index in [4.69, 9.17) is 26.6 Å². The summed E-state index contributed by atoms with van der Waals surface area (Å²) in [5, 5.41) is 0.